The number of hydrogen-bond donors (Lipinski definition) is 4. The number of nitrogens with one attached hydrogen (secondary N) is 2. The molecule has 9 heteroatoms. The maximum Gasteiger partial charge on any atom is 0.471 e. The highest BCUT2D eigenvalue weighted by molar-refractivity contribution is 5.95. The van der Waals surface area contributed by atoms with E-state index in [0.29, 0.717) is 0 Å². The first kappa shape index (κ1) is 15.6. The number of aromatic hydroxyl groups is 2. The van der Waals surface area contributed by atoms with E-state index >= 15 is 0 Å². The Bertz CT molecular complexity index is 497. The number of halogens is 3. The summed E-state index contributed by atoms with van der Waals surface area (Å²) in [6, 6.07) is 3.16. The smallest absolute Gasteiger partial charge is 0.471 e. The molecule has 110 valence electrons. The standard InChI is InChI=1S/C11H11F3N2O4/c12-11(13,14)10(20)16-2-1-15-9(19)6-3-7(17)5-8(18)4-6/h3-5,17-18H,1-2H2,(H,15,19)(H,16,20). The highest BCUT2D eigenvalue weighted by Gasteiger charge is 2.38. The van der Waals surface area contributed by atoms with E-state index in [2.05, 4.69) is 5.32 Å². The van der Waals surface area contributed by atoms with E-state index in [9.17, 15) is 22.8 Å². The molecule has 1 aromatic rings. The normalized spacial score (nSPS) is 10.9. The van der Waals surface area contributed by atoms with Gasteiger partial charge in [-0.1, -0.05) is 0 Å². The van der Waals surface area contributed by atoms with Gasteiger partial charge in [-0.3, -0.25) is 9.59 Å². The third-order valence-electron chi connectivity index (χ3n) is 2.12. The third-order valence-corrected chi connectivity index (χ3v) is 2.12. The van der Waals surface area contributed by atoms with Gasteiger partial charge in [0.05, 0.1) is 0 Å². The first-order valence-corrected chi connectivity index (χ1v) is 5.36. The van der Waals surface area contributed by atoms with Crippen molar-refractivity contribution in [2.45, 2.75) is 6.18 Å². The molecule has 2 amide bonds. The minimum atomic E-state index is -4.97. The molecule has 20 heavy (non-hydrogen) atoms. The number of phenols is 2. The summed E-state index contributed by atoms with van der Waals surface area (Å²) in [5, 5.41) is 22.1. The van der Waals surface area contributed by atoms with E-state index in [0.717, 1.165) is 18.2 Å². The Kier molecular flexibility index (Phi) is 4.78. The molecule has 0 heterocycles. The molecule has 4 N–H and O–H groups in total. The average Bonchev–Trinajstić information content (AvgIpc) is 2.31. The van der Waals surface area contributed by atoms with Gasteiger partial charge in [0.15, 0.2) is 0 Å². The van der Waals surface area contributed by atoms with Gasteiger partial charge in [-0.15, -0.1) is 0 Å². The van der Waals surface area contributed by atoms with Gasteiger partial charge in [-0.2, -0.15) is 13.2 Å². The summed E-state index contributed by atoms with van der Waals surface area (Å²) < 4.78 is 35.5. The number of amides is 2. The Balaban J connectivity index is 2.43. The summed E-state index contributed by atoms with van der Waals surface area (Å²) in [4.78, 5) is 22.0. The van der Waals surface area contributed by atoms with Gasteiger partial charge in [0, 0.05) is 24.7 Å². The monoisotopic (exact) mass is 292 g/mol. The van der Waals surface area contributed by atoms with Crippen LogP contribution in [-0.4, -0.2) is 41.3 Å². The lowest BCUT2D eigenvalue weighted by Gasteiger charge is -2.09. The van der Waals surface area contributed by atoms with Crippen LogP contribution < -0.4 is 10.6 Å². The van der Waals surface area contributed by atoms with E-state index in [4.69, 9.17) is 10.2 Å². The van der Waals surface area contributed by atoms with Crippen LogP contribution in [0.3, 0.4) is 0 Å². The van der Waals surface area contributed by atoms with Crippen LogP contribution in [0, 0.1) is 0 Å². The molecule has 1 aromatic carbocycles. The lowest BCUT2D eigenvalue weighted by Crippen LogP contribution is -2.41. The molecule has 0 fully saturated rings. The van der Waals surface area contributed by atoms with Crippen LogP contribution in [-0.2, 0) is 4.79 Å². The van der Waals surface area contributed by atoms with Crippen molar-refractivity contribution in [3.05, 3.63) is 23.8 Å². The van der Waals surface area contributed by atoms with Crippen LogP contribution in [0.25, 0.3) is 0 Å². The molecule has 0 saturated heterocycles. The molecule has 0 saturated carbocycles. The van der Waals surface area contributed by atoms with Crippen LogP contribution in [0.15, 0.2) is 18.2 Å². The van der Waals surface area contributed by atoms with Crippen molar-refractivity contribution in [1.29, 1.82) is 0 Å². The second-order valence-electron chi connectivity index (χ2n) is 3.75. The fraction of sp³-hybridized carbons (Fsp3) is 0.273. The lowest BCUT2D eigenvalue weighted by molar-refractivity contribution is -0.173. The Labute approximate surface area is 111 Å². The predicted octanol–water partition coefficient (Wildman–Crippen LogP) is 0.506. The molecule has 0 spiro atoms. The van der Waals surface area contributed by atoms with E-state index in [-0.39, 0.29) is 23.6 Å². The summed E-state index contributed by atoms with van der Waals surface area (Å²) >= 11 is 0. The van der Waals surface area contributed by atoms with Crippen LogP contribution in [0.5, 0.6) is 11.5 Å². The fourth-order valence-corrected chi connectivity index (χ4v) is 1.28. The molecule has 0 aliphatic rings. The Hall–Kier alpha value is -2.45. The largest absolute Gasteiger partial charge is 0.508 e. The van der Waals surface area contributed by atoms with E-state index in [1.165, 1.54) is 0 Å². The number of rotatable bonds is 4. The van der Waals surface area contributed by atoms with E-state index in [1.807, 2.05) is 0 Å². The van der Waals surface area contributed by atoms with Crippen molar-refractivity contribution in [1.82, 2.24) is 10.6 Å². The van der Waals surface area contributed by atoms with Gasteiger partial charge in [0.2, 0.25) is 0 Å². The van der Waals surface area contributed by atoms with Crippen LogP contribution >= 0.6 is 0 Å². The average molecular weight is 292 g/mol. The highest BCUT2D eigenvalue weighted by Crippen LogP contribution is 2.20. The number of benzene rings is 1. The Morgan fingerprint density at radius 3 is 2.00 bits per heavy atom. The summed E-state index contributed by atoms with van der Waals surface area (Å²) in [7, 11) is 0. The lowest BCUT2D eigenvalue weighted by atomic mass is 10.2. The molecule has 0 bridgehead atoms. The molecule has 0 aliphatic heterocycles. The first-order chi connectivity index (χ1) is 9.20. The molecule has 0 aromatic heterocycles. The van der Waals surface area contributed by atoms with Crippen molar-refractivity contribution >= 4 is 11.8 Å². The van der Waals surface area contributed by atoms with E-state index in [1.54, 1.807) is 5.32 Å². The number of hydrogen-bond acceptors (Lipinski definition) is 4. The highest BCUT2D eigenvalue weighted by atomic mass is 19.4. The van der Waals surface area contributed by atoms with Gasteiger partial charge in [-0.25, -0.2) is 0 Å². The SMILES string of the molecule is O=C(NCCNC(=O)C(F)(F)F)c1cc(O)cc(O)c1. The second kappa shape index (κ2) is 6.13. The number of alkyl halides is 3. The van der Waals surface area contributed by atoms with Crippen molar-refractivity contribution < 1.29 is 33.0 Å². The van der Waals surface area contributed by atoms with Gasteiger partial charge in [0.1, 0.15) is 11.5 Å². The summed E-state index contributed by atoms with van der Waals surface area (Å²) in [5.41, 5.74) is -0.0651. The number of carbonyl (C=O) groups excluding carboxylic acids is 2. The van der Waals surface area contributed by atoms with Crippen LogP contribution in [0.1, 0.15) is 10.4 Å². The Morgan fingerprint density at radius 1 is 1.00 bits per heavy atom. The molecule has 1 rings (SSSR count). The number of carbonyl (C=O) groups is 2. The minimum absolute atomic E-state index is 0.0651. The maximum atomic E-state index is 11.8. The maximum absolute atomic E-state index is 11.8. The Morgan fingerprint density at radius 2 is 1.50 bits per heavy atom. The summed E-state index contributed by atoms with van der Waals surface area (Å²) in [5.74, 6) is -3.47. The zero-order chi connectivity index (χ0) is 15.3. The molecular formula is C11H11F3N2O4. The fourth-order valence-electron chi connectivity index (χ4n) is 1.28. The second-order valence-corrected chi connectivity index (χ2v) is 3.75. The molecular weight excluding hydrogens is 281 g/mol. The van der Waals surface area contributed by atoms with Crippen molar-refractivity contribution in [2.75, 3.05) is 13.1 Å². The van der Waals surface area contributed by atoms with Crippen molar-refractivity contribution in [2.24, 2.45) is 0 Å². The zero-order valence-corrected chi connectivity index (χ0v) is 9.99. The predicted molar refractivity (Wildman–Crippen MR) is 61.2 cm³/mol. The minimum Gasteiger partial charge on any atom is -0.508 e. The third kappa shape index (κ3) is 4.67. The van der Waals surface area contributed by atoms with Crippen molar-refractivity contribution in [3.63, 3.8) is 0 Å². The molecule has 0 aliphatic carbocycles. The molecule has 0 atom stereocenters. The van der Waals surface area contributed by atoms with Gasteiger partial charge >= 0.3 is 12.1 Å². The zero-order valence-electron chi connectivity index (χ0n) is 9.99. The molecule has 0 radical (unpaired) electrons. The van der Waals surface area contributed by atoms with Crippen LogP contribution in [0.2, 0.25) is 0 Å². The molecule has 0 unspecified atom stereocenters. The molecule has 6 nitrogen and oxygen atoms in total. The van der Waals surface area contributed by atoms with Gasteiger partial charge in [-0.05, 0) is 12.1 Å². The van der Waals surface area contributed by atoms with Gasteiger partial charge in [0.25, 0.3) is 5.91 Å². The van der Waals surface area contributed by atoms with E-state index < -0.39 is 24.5 Å². The summed E-state index contributed by atoms with van der Waals surface area (Å²) in [6.07, 6.45) is -4.97. The topological polar surface area (TPSA) is 98.7 Å². The van der Waals surface area contributed by atoms with Gasteiger partial charge < -0.3 is 20.8 Å². The van der Waals surface area contributed by atoms with Crippen LogP contribution in [0.4, 0.5) is 13.2 Å². The first-order valence-electron chi connectivity index (χ1n) is 5.36. The van der Waals surface area contributed by atoms with Crippen molar-refractivity contribution in [3.8, 4) is 11.5 Å². The summed E-state index contributed by atoms with van der Waals surface area (Å²) in [6.45, 7) is -0.647. The quantitative estimate of drug-likeness (QED) is 0.608. The number of phenolic OH excluding ortho intramolecular Hbond substituents is 2.